The van der Waals surface area contributed by atoms with Crippen molar-refractivity contribution < 1.29 is 14.6 Å². The third-order valence-corrected chi connectivity index (χ3v) is 1.35. The molecule has 0 saturated carbocycles. The Labute approximate surface area is 58.9 Å². The second kappa shape index (κ2) is 3.39. The van der Waals surface area contributed by atoms with Gasteiger partial charge in [0, 0.05) is 12.0 Å². The summed E-state index contributed by atoms with van der Waals surface area (Å²) in [6.07, 6.45) is 1.99. The summed E-state index contributed by atoms with van der Waals surface area (Å²) in [6.45, 7) is 0.0341. The van der Waals surface area contributed by atoms with Gasteiger partial charge in [0.2, 0.25) is 0 Å². The van der Waals surface area contributed by atoms with E-state index < -0.39 is 0 Å². The monoisotopic (exact) mass is 142 g/mol. The Morgan fingerprint density at radius 1 is 1.40 bits per heavy atom. The van der Waals surface area contributed by atoms with Crippen LogP contribution in [0.15, 0.2) is 16.7 Å². The fourth-order valence-corrected chi connectivity index (χ4v) is 0.829. The van der Waals surface area contributed by atoms with E-state index in [0.717, 1.165) is 5.56 Å². The van der Waals surface area contributed by atoms with Gasteiger partial charge in [-0.3, -0.25) is 0 Å². The average molecular weight is 142 g/mol. The van der Waals surface area contributed by atoms with E-state index in [0.29, 0.717) is 12.2 Å². The maximum Gasteiger partial charge on any atom is 0.111 e. The molecule has 3 nitrogen and oxygen atoms in total. The smallest absolute Gasteiger partial charge is 0.111 e. The lowest BCUT2D eigenvalue weighted by Crippen LogP contribution is -1.92. The number of aliphatic hydroxyl groups is 2. The van der Waals surface area contributed by atoms with Crippen LogP contribution >= 0.6 is 0 Å². The minimum atomic E-state index is -0.0220. The van der Waals surface area contributed by atoms with E-state index in [9.17, 15) is 0 Å². The zero-order valence-electron chi connectivity index (χ0n) is 5.58. The highest BCUT2D eigenvalue weighted by atomic mass is 16.3. The lowest BCUT2D eigenvalue weighted by atomic mass is 10.2. The van der Waals surface area contributed by atoms with E-state index in [1.807, 2.05) is 0 Å². The fraction of sp³-hybridized carbons (Fsp3) is 0.429. The highest BCUT2D eigenvalue weighted by Gasteiger charge is 2.02. The van der Waals surface area contributed by atoms with E-state index in [2.05, 4.69) is 0 Å². The van der Waals surface area contributed by atoms with Gasteiger partial charge in [-0.15, -0.1) is 0 Å². The minimum Gasteiger partial charge on any atom is -0.469 e. The molecule has 0 aliphatic rings. The molecule has 1 heterocycles. The SMILES string of the molecule is OCCc1occc1CO. The highest BCUT2D eigenvalue weighted by Crippen LogP contribution is 2.10. The van der Waals surface area contributed by atoms with Crippen molar-refractivity contribution in [1.29, 1.82) is 0 Å². The van der Waals surface area contributed by atoms with Gasteiger partial charge in [-0.25, -0.2) is 0 Å². The van der Waals surface area contributed by atoms with Crippen LogP contribution in [0, 0.1) is 0 Å². The summed E-state index contributed by atoms with van der Waals surface area (Å²) in [5.74, 6) is 0.671. The van der Waals surface area contributed by atoms with Gasteiger partial charge in [0.05, 0.1) is 19.5 Å². The Balaban J connectivity index is 2.70. The Hall–Kier alpha value is -0.800. The van der Waals surface area contributed by atoms with E-state index in [1.54, 1.807) is 6.07 Å². The van der Waals surface area contributed by atoms with Crippen molar-refractivity contribution in [1.82, 2.24) is 0 Å². The molecule has 2 N–H and O–H groups in total. The first-order chi connectivity index (χ1) is 4.88. The van der Waals surface area contributed by atoms with Crippen LogP contribution in [0.2, 0.25) is 0 Å². The van der Waals surface area contributed by atoms with Crippen molar-refractivity contribution in [2.24, 2.45) is 0 Å². The summed E-state index contributed by atoms with van der Waals surface area (Å²) in [7, 11) is 0. The average Bonchev–Trinajstić information content (AvgIpc) is 2.36. The molecule has 0 saturated heterocycles. The number of hydrogen-bond acceptors (Lipinski definition) is 3. The molecule has 0 aliphatic carbocycles. The lowest BCUT2D eigenvalue weighted by Gasteiger charge is -1.94. The van der Waals surface area contributed by atoms with E-state index >= 15 is 0 Å². The van der Waals surface area contributed by atoms with Gasteiger partial charge in [-0.05, 0) is 6.07 Å². The minimum absolute atomic E-state index is 0.0220. The molecule has 0 aliphatic heterocycles. The number of furan rings is 1. The Morgan fingerprint density at radius 3 is 2.80 bits per heavy atom. The standard InChI is InChI=1S/C7H10O3/c8-3-1-7-6(5-9)2-4-10-7/h2,4,8-9H,1,3,5H2. The van der Waals surface area contributed by atoms with Gasteiger partial charge >= 0.3 is 0 Å². The molecule has 1 aromatic heterocycles. The van der Waals surface area contributed by atoms with Gasteiger partial charge in [0.25, 0.3) is 0 Å². The first kappa shape index (κ1) is 7.31. The summed E-state index contributed by atoms with van der Waals surface area (Å²) >= 11 is 0. The van der Waals surface area contributed by atoms with Gasteiger partial charge in [0.15, 0.2) is 0 Å². The van der Waals surface area contributed by atoms with Gasteiger partial charge < -0.3 is 14.6 Å². The van der Waals surface area contributed by atoms with E-state index in [1.165, 1.54) is 6.26 Å². The predicted octanol–water partition coefficient (Wildman–Crippen LogP) is 0.307. The molecule has 0 aromatic carbocycles. The topological polar surface area (TPSA) is 53.6 Å². The molecular weight excluding hydrogens is 132 g/mol. The summed E-state index contributed by atoms with van der Waals surface area (Å²) in [6, 6.07) is 1.70. The fourth-order valence-electron chi connectivity index (χ4n) is 0.829. The van der Waals surface area contributed by atoms with Crippen molar-refractivity contribution in [2.45, 2.75) is 13.0 Å². The van der Waals surface area contributed by atoms with Crippen LogP contribution in [0.1, 0.15) is 11.3 Å². The van der Waals surface area contributed by atoms with Crippen molar-refractivity contribution in [3.05, 3.63) is 23.7 Å². The van der Waals surface area contributed by atoms with Gasteiger partial charge in [0.1, 0.15) is 5.76 Å². The predicted molar refractivity (Wildman–Crippen MR) is 35.4 cm³/mol. The molecule has 0 radical (unpaired) electrons. The quantitative estimate of drug-likeness (QED) is 0.638. The molecule has 10 heavy (non-hydrogen) atoms. The van der Waals surface area contributed by atoms with Gasteiger partial charge in [-0.2, -0.15) is 0 Å². The van der Waals surface area contributed by atoms with Crippen molar-refractivity contribution in [2.75, 3.05) is 6.61 Å². The molecule has 0 unspecified atom stereocenters. The first-order valence-corrected chi connectivity index (χ1v) is 3.15. The van der Waals surface area contributed by atoms with Crippen LogP contribution in [-0.2, 0) is 13.0 Å². The first-order valence-electron chi connectivity index (χ1n) is 3.15. The largest absolute Gasteiger partial charge is 0.469 e. The normalized spacial score (nSPS) is 10.2. The maximum atomic E-state index is 8.69. The number of hydrogen-bond donors (Lipinski definition) is 2. The molecule has 0 bridgehead atoms. The number of rotatable bonds is 3. The molecule has 0 spiro atoms. The Bertz CT molecular complexity index is 192. The molecule has 1 aromatic rings. The van der Waals surface area contributed by atoms with Crippen LogP contribution in [0.25, 0.3) is 0 Å². The van der Waals surface area contributed by atoms with E-state index in [-0.39, 0.29) is 13.2 Å². The van der Waals surface area contributed by atoms with Crippen molar-refractivity contribution in [3.63, 3.8) is 0 Å². The van der Waals surface area contributed by atoms with Gasteiger partial charge in [-0.1, -0.05) is 0 Å². The van der Waals surface area contributed by atoms with Crippen molar-refractivity contribution in [3.8, 4) is 0 Å². The zero-order valence-corrected chi connectivity index (χ0v) is 5.58. The second-order valence-corrected chi connectivity index (χ2v) is 2.00. The summed E-state index contributed by atoms with van der Waals surface area (Å²) in [5.41, 5.74) is 0.758. The van der Waals surface area contributed by atoms with Crippen LogP contribution in [0.4, 0.5) is 0 Å². The molecule has 0 atom stereocenters. The Kier molecular flexibility index (Phi) is 2.48. The zero-order chi connectivity index (χ0) is 7.40. The number of aliphatic hydroxyl groups excluding tert-OH is 2. The lowest BCUT2D eigenvalue weighted by molar-refractivity contribution is 0.267. The molecule has 3 heteroatoms. The van der Waals surface area contributed by atoms with E-state index in [4.69, 9.17) is 14.6 Å². The van der Waals surface area contributed by atoms with Crippen molar-refractivity contribution >= 4 is 0 Å². The maximum absolute atomic E-state index is 8.69. The Morgan fingerprint density at radius 2 is 2.20 bits per heavy atom. The molecule has 0 amide bonds. The van der Waals surface area contributed by atoms with Crippen LogP contribution < -0.4 is 0 Å². The molecule has 1 rings (SSSR count). The third kappa shape index (κ3) is 1.37. The second-order valence-electron chi connectivity index (χ2n) is 2.00. The summed E-state index contributed by atoms with van der Waals surface area (Å²) < 4.78 is 4.98. The van der Waals surface area contributed by atoms with Crippen LogP contribution in [-0.4, -0.2) is 16.8 Å². The summed E-state index contributed by atoms with van der Waals surface area (Å²) in [5, 5.41) is 17.2. The molecular formula is C7H10O3. The third-order valence-electron chi connectivity index (χ3n) is 1.35. The van der Waals surface area contributed by atoms with Crippen LogP contribution in [0.5, 0.6) is 0 Å². The summed E-state index contributed by atoms with van der Waals surface area (Å²) in [4.78, 5) is 0. The van der Waals surface area contributed by atoms with Crippen LogP contribution in [0.3, 0.4) is 0 Å². The molecule has 56 valence electrons. The highest BCUT2D eigenvalue weighted by molar-refractivity contribution is 5.15. The molecule has 0 fully saturated rings.